The van der Waals surface area contributed by atoms with Gasteiger partial charge in [0.1, 0.15) is 0 Å². The molecule has 3 heteroatoms. The number of nitrogens with zero attached hydrogens (tertiary/aromatic N) is 1. The van der Waals surface area contributed by atoms with Crippen molar-refractivity contribution in [3.63, 3.8) is 0 Å². The number of aromatic nitrogens is 1. The van der Waals surface area contributed by atoms with Crippen LogP contribution in [0.4, 0.5) is 0 Å². The van der Waals surface area contributed by atoms with Crippen LogP contribution >= 0.6 is 0 Å². The van der Waals surface area contributed by atoms with Crippen molar-refractivity contribution in [1.29, 1.82) is 0 Å². The highest BCUT2D eigenvalue weighted by Gasteiger charge is 2.41. The highest BCUT2D eigenvalue weighted by molar-refractivity contribution is 5.28. The van der Waals surface area contributed by atoms with Crippen LogP contribution in [0.15, 0.2) is 18.3 Å². The third-order valence-corrected chi connectivity index (χ3v) is 4.08. The van der Waals surface area contributed by atoms with Gasteiger partial charge in [-0.1, -0.05) is 6.07 Å². The number of ether oxygens (including phenoxy) is 1. The lowest BCUT2D eigenvalue weighted by molar-refractivity contribution is -0.0924. The number of pyridine rings is 1. The Bertz CT molecular complexity index is 390. The molecule has 1 aromatic rings. The molecule has 0 saturated carbocycles. The van der Waals surface area contributed by atoms with Crippen LogP contribution in [0, 0.1) is 0 Å². The van der Waals surface area contributed by atoms with E-state index in [1.54, 1.807) is 7.11 Å². The monoisotopic (exact) mass is 235 g/mol. The molecule has 17 heavy (non-hydrogen) atoms. The quantitative estimate of drug-likeness (QED) is 0.874. The fraction of sp³-hybridized carbons (Fsp3) is 0.643. The van der Waals surface area contributed by atoms with Crippen molar-refractivity contribution in [2.75, 3.05) is 7.11 Å². The Hall–Kier alpha value is -0.930. The zero-order valence-electron chi connectivity index (χ0n) is 10.8. The van der Waals surface area contributed by atoms with Crippen LogP contribution in [0.2, 0.25) is 0 Å². The summed E-state index contributed by atoms with van der Waals surface area (Å²) < 4.78 is 5.31. The fourth-order valence-corrected chi connectivity index (χ4v) is 2.70. The van der Waals surface area contributed by atoms with Gasteiger partial charge in [0, 0.05) is 24.9 Å². The zero-order valence-corrected chi connectivity index (χ0v) is 10.8. The van der Waals surface area contributed by atoms with E-state index >= 15 is 0 Å². The molecule has 1 aliphatic rings. The van der Waals surface area contributed by atoms with Crippen LogP contribution in [-0.4, -0.2) is 28.9 Å². The molecule has 94 valence electrons. The summed E-state index contributed by atoms with van der Waals surface area (Å²) in [7, 11) is 1.64. The standard InChI is InChI=1S/C14H21NO2/c1-10(17-3)14(2,16)12-8-4-6-11-7-5-9-15-13(11)12/h5,7,9-10,12,16H,4,6,8H2,1-3H3. The Balaban J connectivity index is 2.35. The van der Waals surface area contributed by atoms with E-state index in [1.807, 2.05) is 26.1 Å². The molecule has 1 heterocycles. The van der Waals surface area contributed by atoms with Gasteiger partial charge in [0.25, 0.3) is 0 Å². The minimum Gasteiger partial charge on any atom is -0.387 e. The van der Waals surface area contributed by atoms with Crippen LogP contribution in [0.5, 0.6) is 0 Å². The lowest BCUT2D eigenvalue weighted by Gasteiger charge is -2.39. The molecule has 1 N–H and O–H groups in total. The summed E-state index contributed by atoms with van der Waals surface area (Å²) in [6, 6.07) is 4.08. The molecule has 3 nitrogen and oxygen atoms in total. The predicted molar refractivity (Wildman–Crippen MR) is 67.0 cm³/mol. The van der Waals surface area contributed by atoms with Crippen LogP contribution in [0.1, 0.15) is 43.9 Å². The van der Waals surface area contributed by atoms with E-state index in [2.05, 4.69) is 11.1 Å². The minimum atomic E-state index is -0.863. The Morgan fingerprint density at radius 1 is 1.59 bits per heavy atom. The first-order valence-electron chi connectivity index (χ1n) is 6.26. The molecule has 0 aliphatic heterocycles. The van der Waals surface area contributed by atoms with Crippen molar-refractivity contribution in [2.45, 2.75) is 50.7 Å². The molecule has 3 unspecified atom stereocenters. The van der Waals surface area contributed by atoms with E-state index in [0.29, 0.717) is 0 Å². The summed E-state index contributed by atoms with van der Waals surface area (Å²) in [6.45, 7) is 3.77. The smallest absolute Gasteiger partial charge is 0.0960 e. The molecule has 3 atom stereocenters. The maximum atomic E-state index is 10.7. The number of rotatable bonds is 3. The number of aliphatic hydroxyl groups is 1. The normalized spacial score (nSPS) is 24.8. The number of hydrogen-bond acceptors (Lipinski definition) is 3. The highest BCUT2D eigenvalue weighted by atomic mass is 16.5. The molecule has 1 aromatic heterocycles. The van der Waals surface area contributed by atoms with Gasteiger partial charge in [-0.2, -0.15) is 0 Å². The second kappa shape index (κ2) is 4.75. The second-order valence-electron chi connectivity index (χ2n) is 5.10. The van der Waals surface area contributed by atoms with Gasteiger partial charge < -0.3 is 9.84 Å². The lowest BCUT2D eigenvalue weighted by Crippen LogP contribution is -2.45. The SMILES string of the molecule is COC(C)C(C)(O)C1CCCc2cccnc21. The summed E-state index contributed by atoms with van der Waals surface area (Å²) in [5.41, 5.74) is 1.46. The van der Waals surface area contributed by atoms with Gasteiger partial charge in [-0.25, -0.2) is 0 Å². The lowest BCUT2D eigenvalue weighted by atomic mass is 9.74. The highest BCUT2D eigenvalue weighted by Crippen LogP contribution is 2.39. The van der Waals surface area contributed by atoms with E-state index in [-0.39, 0.29) is 12.0 Å². The first-order valence-corrected chi connectivity index (χ1v) is 6.26. The topological polar surface area (TPSA) is 42.4 Å². The first-order chi connectivity index (χ1) is 8.07. The van der Waals surface area contributed by atoms with Gasteiger partial charge in [-0.15, -0.1) is 0 Å². The Kier molecular flexibility index (Phi) is 3.50. The van der Waals surface area contributed by atoms with Crippen molar-refractivity contribution in [2.24, 2.45) is 0 Å². The number of methoxy groups -OCH3 is 1. The second-order valence-corrected chi connectivity index (χ2v) is 5.10. The van der Waals surface area contributed by atoms with Gasteiger partial charge >= 0.3 is 0 Å². The third kappa shape index (κ3) is 2.22. The number of aryl methyl sites for hydroxylation is 1. The molecular weight excluding hydrogens is 214 g/mol. The average Bonchev–Trinajstić information content (AvgIpc) is 2.37. The van der Waals surface area contributed by atoms with Gasteiger partial charge in [0.2, 0.25) is 0 Å². The maximum Gasteiger partial charge on any atom is 0.0960 e. The van der Waals surface area contributed by atoms with Crippen LogP contribution < -0.4 is 0 Å². The zero-order chi connectivity index (χ0) is 12.5. The van der Waals surface area contributed by atoms with Gasteiger partial charge in [-0.05, 0) is 44.7 Å². The molecule has 2 rings (SSSR count). The Morgan fingerprint density at radius 2 is 2.35 bits per heavy atom. The van der Waals surface area contributed by atoms with Gasteiger partial charge in [0.05, 0.1) is 11.7 Å². The first kappa shape index (κ1) is 12.5. The molecule has 0 radical (unpaired) electrons. The average molecular weight is 235 g/mol. The summed E-state index contributed by atoms with van der Waals surface area (Å²) >= 11 is 0. The molecule has 1 aliphatic carbocycles. The molecule has 0 saturated heterocycles. The molecular formula is C14H21NO2. The van der Waals surface area contributed by atoms with Crippen molar-refractivity contribution < 1.29 is 9.84 Å². The molecule has 0 bridgehead atoms. The molecule has 0 fully saturated rings. The van der Waals surface area contributed by atoms with E-state index in [9.17, 15) is 5.11 Å². The summed E-state index contributed by atoms with van der Waals surface area (Å²) in [5.74, 6) is 0.0717. The van der Waals surface area contributed by atoms with E-state index < -0.39 is 5.60 Å². The van der Waals surface area contributed by atoms with E-state index in [0.717, 1.165) is 25.0 Å². The third-order valence-electron chi connectivity index (χ3n) is 4.08. The number of hydrogen-bond donors (Lipinski definition) is 1. The van der Waals surface area contributed by atoms with Crippen LogP contribution in [0.25, 0.3) is 0 Å². The summed E-state index contributed by atoms with van der Waals surface area (Å²) in [6.07, 6.45) is 4.77. The van der Waals surface area contributed by atoms with E-state index in [4.69, 9.17) is 4.74 Å². The predicted octanol–water partition coefficient (Wildman–Crippen LogP) is 2.29. The summed E-state index contributed by atoms with van der Waals surface area (Å²) in [4.78, 5) is 4.47. The van der Waals surface area contributed by atoms with E-state index in [1.165, 1.54) is 5.56 Å². The molecule has 0 amide bonds. The fourth-order valence-electron chi connectivity index (χ4n) is 2.70. The van der Waals surface area contributed by atoms with Gasteiger partial charge in [-0.3, -0.25) is 4.98 Å². The molecule has 0 spiro atoms. The van der Waals surface area contributed by atoms with Crippen molar-refractivity contribution in [1.82, 2.24) is 4.98 Å². The summed E-state index contributed by atoms with van der Waals surface area (Å²) in [5, 5.41) is 10.7. The van der Waals surface area contributed by atoms with Crippen molar-refractivity contribution in [3.8, 4) is 0 Å². The van der Waals surface area contributed by atoms with Gasteiger partial charge in [0.15, 0.2) is 0 Å². The minimum absolute atomic E-state index is 0.0717. The van der Waals surface area contributed by atoms with Crippen molar-refractivity contribution >= 4 is 0 Å². The van der Waals surface area contributed by atoms with Crippen LogP contribution in [0.3, 0.4) is 0 Å². The Morgan fingerprint density at radius 3 is 3.06 bits per heavy atom. The van der Waals surface area contributed by atoms with Crippen LogP contribution in [-0.2, 0) is 11.2 Å². The molecule has 0 aromatic carbocycles. The Labute approximate surface area is 103 Å². The maximum absolute atomic E-state index is 10.7. The van der Waals surface area contributed by atoms with Crippen molar-refractivity contribution in [3.05, 3.63) is 29.6 Å². The largest absolute Gasteiger partial charge is 0.387 e. The number of fused-ring (bicyclic) bond motifs is 1.